The van der Waals surface area contributed by atoms with Crippen molar-refractivity contribution in [1.29, 1.82) is 0 Å². The van der Waals surface area contributed by atoms with E-state index in [1.165, 1.54) is 24.4 Å². The van der Waals surface area contributed by atoms with Crippen LogP contribution < -0.4 is 16.0 Å². The van der Waals surface area contributed by atoms with Crippen LogP contribution in [0.4, 0.5) is 10.8 Å². The Morgan fingerprint density at radius 1 is 1.53 bits per heavy atom. The van der Waals surface area contributed by atoms with Crippen molar-refractivity contribution in [2.24, 2.45) is 0 Å². The van der Waals surface area contributed by atoms with Crippen LogP contribution in [-0.4, -0.2) is 30.9 Å². The minimum Gasteiger partial charge on any atom is -0.382 e. The molecule has 0 saturated carbocycles. The molecule has 1 aromatic heterocycles. The number of anilines is 2. The Kier molecular flexibility index (Phi) is 5.21. The van der Waals surface area contributed by atoms with E-state index in [1.807, 2.05) is 11.9 Å². The third-order valence-electron chi connectivity index (χ3n) is 2.60. The van der Waals surface area contributed by atoms with Crippen molar-refractivity contribution in [3.05, 3.63) is 5.56 Å². The molecule has 0 radical (unpaired) electrons. The zero-order valence-electron chi connectivity index (χ0n) is 10.6. The Balaban J connectivity index is 2.79. The van der Waals surface area contributed by atoms with Gasteiger partial charge < -0.3 is 16.0 Å². The monoisotopic (exact) mass is 256 g/mol. The zero-order chi connectivity index (χ0) is 12.8. The van der Waals surface area contributed by atoms with Gasteiger partial charge in [0.15, 0.2) is 5.82 Å². The molecule has 3 N–H and O–H groups in total. The number of nitrogens with two attached hydrogens (primary N) is 1. The van der Waals surface area contributed by atoms with Gasteiger partial charge in [-0.05, 0) is 18.0 Å². The summed E-state index contributed by atoms with van der Waals surface area (Å²) in [7, 11) is 3.56. The fourth-order valence-electron chi connectivity index (χ4n) is 1.59. The maximum Gasteiger partial charge on any atom is 0.257 e. The van der Waals surface area contributed by atoms with E-state index in [-0.39, 0.29) is 5.91 Å². The maximum atomic E-state index is 11.7. The van der Waals surface area contributed by atoms with Gasteiger partial charge in [-0.15, -0.1) is 0 Å². The topological polar surface area (TPSA) is 71.2 Å². The Morgan fingerprint density at radius 2 is 2.24 bits per heavy atom. The molecular weight excluding hydrogens is 236 g/mol. The average molecular weight is 256 g/mol. The number of amides is 1. The van der Waals surface area contributed by atoms with Crippen molar-refractivity contribution in [2.75, 3.05) is 31.3 Å². The molecular formula is C11H20N4OS. The van der Waals surface area contributed by atoms with E-state index >= 15 is 0 Å². The van der Waals surface area contributed by atoms with E-state index in [2.05, 4.69) is 16.6 Å². The lowest BCUT2D eigenvalue weighted by Gasteiger charge is -2.17. The number of hydrogen-bond donors (Lipinski definition) is 2. The number of hydrogen-bond acceptors (Lipinski definition) is 5. The summed E-state index contributed by atoms with van der Waals surface area (Å²) < 4.78 is 4.05. The van der Waals surface area contributed by atoms with Crippen molar-refractivity contribution in [2.45, 2.75) is 26.2 Å². The van der Waals surface area contributed by atoms with E-state index in [1.54, 1.807) is 7.05 Å². The molecule has 0 aliphatic carbocycles. The van der Waals surface area contributed by atoms with E-state index < -0.39 is 0 Å². The van der Waals surface area contributed by atoms with Crippen molar-refractivity contribution >= 4 is 28.3 Å². The molecule has 0 fully saturated rings. The molecule has 96 valence electrons. The average Bonchev–Trinajstić information content (AvgIpc) is 2.70. The number of nitrogen functional groups attached to an aromatic ring is 1. The van der Waals surface area contributed by atoms with Gasteiger partial charge in [-0.25, -0.2) is 0 Å². The standard InChI is InChI=1S/C11H20N4OS/c1-4-5-6-7-15(3)11-8(10(16)13-2)9(12)14-17-11/h4-7H2,1-3H3,(H2,12,14)(H,13,16). The largest absolute Gasteiger partial charge is 0.382 e. The van der Waals surface area contributed by atoms with Gasteiger partial charge in [0, 0.05) is 20.6 Å². The smallest absolute Gasteiger partial charge is 0.257 e. The fourth-order valence-corrected chi connectivity index (χ4v) is 2.39. The lowest BCUT2D eigenvalue weighted by Crippen LogP contribution is -2.24. The van der Waals surface area contributed by atoms with Crippen LogP contribution in [0.2, 0.25) is 0 Å². The van der Waals surface area contributed by atoms with E-state index in [9.17, 15) is 4.79 Å². The summed E-state index contributed by atoms with van der Waals surface area (Å²) in [5, 5.41) is 3.44. The molecule has 1 aromatic rings. The van der Waals surface area contributed by atoms with Crippen LogP contribution in [0.3, 0.4) is 0 Å². The highest BCUT2D eigenvalue weighted by atomic mass is 32.1. The van der Waals surface area contributed by atoms with E-state index in [0.29, 0.717) is 11.4 Å². The molecule has 0 aliphatic heterocycles. The number of carbonyl (C=O) groups is 1. The molecule has 6 heteroatoms. The van der Waals surface area contributed by atoms with Crippen LogP contribution in [0.15, 0.2) is 0 Å². The summed E-state index contributed by atoms with van der Waals surface area (Å²) in [6, 6.07) is 0. The van der Waals surface area contributed by atoms with Gasteiger partial charge in [0.1, 0.15) is 10.6 Å². The van der Waals surface area contributed by atoms with Crippen LogP contribution in [0.1, 0.15) is 36.5 Å². The van der Waals surface area contributed by atoms with E-state index in [4.69, 9.17) is 5.73 Å². The lowest BCUT2D eigenvalue weighted by atomic mass is 10.2. The third kappa shape index (κ3) is 3.33. The van der Waals surface area contributed by atoms with Gasteiger partial charge in [-0.3, -0.25) is 4.79 Å². The first-order chi connectivity index (χ1) is 8.11. The molecule has 0 aromatic carbocycles. The molecule has 0 unspecified atom stereocenters. The SMILES string of the molecule is CCCCCN(C)c1snc(N)c1C(=O)NC. The Morgan fingerprint density at radius 3 is 2.82 bits per heavy atom. The molecule has 0 bridgehead atoms. The van der Waals surface area contributed by atoms with Crippen molar-refractivity contribution in [3.63, 3.8) is 0 Å². The highest BCUT2D eigenvalue weighted by molar-refractivity contribution is 7.11. The molecule has 0 aliphatic rings. The van der Waals surface area contributed by atoms with Crippen molar-refractivity contribution in [1.82, 2.24) is 9.69 Å². The predicted octanol–water partition coefficient (Wildman–Crippen LogP) is 1.71. The maximum absolute atomic E-state index is 11.7. The van der Waals surface area contributed by atoms with Crippen LogP contribution in [0, 0.1) is 0 Å². The van der Waals surface area contributed by atoms with Crippen molar-refractivity contribution in [3.8, 4) is 0 Å². The second-order valence-corrected chi connectivity index (χ2v) is 4.71. The Labute approximate surface area is 106 Å². The molecule has 0 spiro atoms. The van der Waals surface area contributed by atoms with Gasteiger partial charge in [-0.2, -0.15) is 4.37 Å². The van der Waals surface area contributed by atoms with Gasteiger partial charge >= 0.3 is 0 Å². The number of nitrogens with zero attached hydrogens (tertiary/aromatic N) is 2. The summed E-state index contributed by atoms with van der Waals surface area (Å²) in [4.78, 5) is 13.7. The van der Waals surface area contributed by atoms with Crippen LogP contribution >= 0.6 is 11.5 Å². The number of carbonyl (C=O) groups excluding carboxylic acids is 1. The summed E-state index contributed by atoms with van der Waals surface area (Å²) >= 11 is 1.28. The molecule has 17 heavy (non-hydrogen) atoms. The Bertz CT molecular complexity index is 378. The first-order valence-electron chi connectivity index (χ1n) is 5.80. The first kappa shape index (κ1) is 13.8. The number of aromatic nitrogens is 1. The molecule has 0 saturated heterocycles. The van der Waals surface area contributed by atoms with Crippen molar-refractivity contribution < 1.29 is 4.79 Å². The summed E-state index contributed by atoms with van der Waals surface area (Å²) in [6.07, 6.45) is 3.48. The molecule has 1 heterocycles. The van der Waals surface area contributed by atoms with Gasteiger partial charge in [0.25, 0.3) is 5.91 Å². The van der Waals surface area contributed by atoms with Gasteiger partial charge in [-0.1, -0.05) is 19.8 Å². The van der Waals surface area contributed by atoms with Crippen LogP contribution in [0.5, 0.6) is 0 Å². The Hall–Kier alpha value is -1.30. The molecule has 1 amide bonds. The zero-order valence-corrected chi connectivity index (χ0v) is 11.4. The second-order valence-electron chi connectivity index (χ2n) is 3.96. The summed E-state index contributed by atoms with van der Waals surface area (Å²) in [6.45, 7) is 3.08. The first-order valence-corrected chi connectivity index (χ1v) is 6.57. The molecule has 5 nitrogen and oxygen atoms in total. The number of rotatable bonds is 6. The normalized spacial score (nSPS) is 10.3. The highest BCUT2D eigenvalue weighted by Gasteiger charge is 2.20. The summed E-state index contributed by atoms with van der Waals surface area (Å²) in [5.74, 6) is 0.139. The fraction of sp³-hybridized carbons (Fsp3) is 0.636. The van der Waals surface area contributed by atoms with Crippen LogP contribution in [-0.2, 0) is 0 Å². The predicted molar refractivity (Wildman–Crippen MR) is 72.7 cm³/mol. The number of nitrogens with one attached hydrogen (secondary N) is 1. The lowest BCUT2D eigenvalue weighted by molar-refractivity contribution is 0.0964. The second kappa shape index (κ2) is 6.44. The third-order valence-corrected chi connectivity index (χ3v) is 3.58. The highest BCUT2D eigenvalue weighted by Crippen LogP contribution is 2.29. The van der Waals surface area contributed by atoms with Crippen LogP contribution in [0.25, 0.3) is 0 Å². The van der Waals surface area contributed by atoms with E-state index in [0.717, 1.165) is 18.0 Å². The minimum atomic E-state index is -0.173. The van der Waals surface area contributed by atoms with Gasteiger partial charge in [0.2, 0.25) is 0 Å². The quantitative estimate of drug-likeness (QED) is 0.760. The molecule has 1 rings (SSSR count). The van der Waals surface area contributed by atoms with Gasteiger partial charge in [0.05, 0.1) is 0 Å². The minimum absolute atomic E-state index is 0.173. The number of unbranched alkanes of at least 4 members (excludes halogenated alkanes) is 2. The summed E-state index contributed by atoms with van der Waals surface area (Å²) in [5.41, 5.74) is 6.22. The molecule has 0 atom stereocenters.